The third-order valence-electron chi connectivity index (χ3n) is 2.70. The number of carboxylic acid groups (broad SMARTS) is 1. The van der Waals surface area contributed by atoms with E-state index < -0.39 is 27.4 Å². The maximum atomic E-state index is 13.6. The average Bonchev–Trinajstić information content (AvgIpc) is 2.92. The second-order valence-electron chi connectivity index (χ2n) is 4.21. The highest BCUT2D eigenvalue weighted by Crippen LogP contribution is 2.19. The molecule has 112 valence electrons. The molecule has 1 aromatic carbocycles. The largest absolute Gasteiger partial charge is 0.478 e. The summed E-state index contributed by atoms with van der Waals surface area (Å²) in [5, 5.41) is 10.6. The van der Waals surface area contributed by atoms with E-state index in [1.165, 1.54) is 18.3 Å². The van der Waals surface area contributed by atoms with Crippen LogP contribution in [-0.2, 0) is 16.6 Å². The van der Waals surface area contributed by atoms with Gasteiger partial charge in [-0.05, 0) is 24.6 Å². The smallest absolute Gasteiger partial charge is 0.338 e. The molecule has 2 aromatic rings. The van der Waals surface area contributed by atoms with Gasteiger partial charge < -0.3 is 5.11 Å². The Hall–Kier alpha value is -1.84. The topological polar surface area (TPSA) is 96.4 Å². The van der Waals surface area contributed by atoms with Crippen molar-refractivity contribution in [1.29, 1.82) is 0 Å². The lowest BCUT2D eigenvalue weighted by Crippen LogP contribution is -2.24. The third kappa shape index (κ3) is 3.43. The number of aromatic carboxylic acids is 1. The minimum atomic E-state index is -3.95. The van der Waals surface area contributed by atoms with Crippen LogP contribution in [0.3, 0.4) is 0 Å². The van der Waals surface area contributed by atoms with Gasteiger partial charge in [-0.2, -0.15) is 0 Å². The third-order valence-corrected chi connectivity index (χ3v) is 4.71. The SMILES string of the molecule is Cc1cc(S(=O)(=O)NCc2cscn2)cc(C(=O)O)c1F. The summed E-state index contributed by atoms with van der Waals surface area (Å²) < 4.78 is 40.1. The molecular weight excluding hydrogens is 319 g/mol. The van der Waals surface area contributed by atoms with E-state index in [9.17, 15) is 17.6 Å². The molecule has 0 fully saturated rings. The van der Waals surface area contributed by atoms with Crippen molar-refractivity contribution in [2.24, 2.45) is 0 Å². The van der Waals surface area contributed by atoms with E-state index in [0.717, 1.165) is 12.1 Å². The van der Waals surface area contributed by atoms with Crippen molar-refractivity contribution in [2.75, 3.05) is 0 Å². The van der Waals surface area contributed by atoms with E-state index in [1.807, 2.05) is 0 Å². The van der Waals surface area contributed by atoms with Crippen LogP contribution in [0.5, 0.6) is 0 Å². The van der Waals surface area contributed by atoms with Crippen LogP contribution in [0.25, 0.3) is 0 Å². The van der Waals surface area contributed by atoms with Gasteiger partial charge in [0, 0.05) is 5.38 Å². The number of nitrogens with zero attached hydrogens (tertiary/aromatic N) is 1. The molecule has 0 saturated carbocycles. The van der Waals surface area contributed by atoms with Gasteiger partial charge in [0.05, 0.1) is 28.2 Å². The van der Waals surface area contributed by atoms with Gasteiger partial charge in [0.15, 0.2) is 0 Å². The van der Waals surface area contributed by atoms with Crippen molar-refractivity contribution in [2.45, 2.75) is 18.4 Å². The molecule has 0 aliphatic rings. The van der Waals surface area contributed by atoms with Gasteiger partial charge in [-0.1, -0.05) is 0 Å². The van der Waals surface area contributed by atoms with Gasteiger partial charge in [0.25, 0.3) is 0 Å². The summed E-state index contributed by atoms with van der Waals surface area (Å²) in [4.78, 5) is 14.6. The number of halogens is 1. The predicted molar refractivity (Wildman–Crippen MR) is 74.2 cm³/mol. The molecule has 0 bridgehead atoms. The van der Waals surface area contributed by atoms with Crippen molar-refractivity contribution in [3.8, 4) is 0 Å². The van der Waals surface area contributed by atoms with Crippen molar-refractivity contribution >= 4 is 27.3 Å². The lowest BCUT2D eigenvalue weighted by atomic mass is 10.1. The summed E-state index contributed by atoms with van der Waals surface area (Å²) in [7, 11) is -3.95. The van der Waals surface area contributed by atoms with Gasteiger partial charge >= 0.3 is 5.97 Å². The van der Waals surface area contributed by atoms with Crippen LogP contribution in [0.1, 0.15) is 21.6 Å². The standard InChI is InChI=1S/C12H11FN2O4S2/c1-7-2-9(3-10(11(7)13)12(16)17)21(18,19)15-4-8-5-20-6-14-8/h2-3,5-6,15H,4H2,1H3,(H,16,17). The average molecular weight is 330 g/mol. The molecule has 1 heterocycles. The zero-order chi connectivity index (χ0) is 15.6. The van der Waals surface area contributed by atoms with E-state index in [4.69, 9.17) is 5.11 Å². The van der Waals surface area contributed by atoms with Crippen molar-refractivity contribution in [3.63, 3.8) is 0 Å². The van der Waals surface area contributed by atoms with Crippen LogP contribution in [0.4, 0.5) is 4.39 Å². The highest BCUT2D eigenvalue weighted by atomic mass is 32.2. The summed E-state index contributed by atoms with van der Waals surface area (Å²) in [6, 6.07) is 1.89. The molecule has 0 saturated heterocycles. The van der Waals surface area contributed by atoms with Gasteiger partial charge in [-0.3, -0.25) is 0 Å². The molecular formula is C12H11FN2O4S2. The first-order chi connectivity index (χ1) is 9.81. The van der Waals surface area contributed by atoms with Gasteiger partial charge in [0.2, 0.25) is 10.0 Å². The van der Waals surface area contributed by atoms with Crippen molar-refractivity contribution < 1.29 is 22.7 Å². The number of thiazole rings is 1. The highest BCUT2D eigenvalue weighted by Gasteiger charge is 2.21. The highest BCUT2D eigenvalue weighted by molar-refractivity contribution is 7.89. The minimum Gasteiger partial charge on any atom is -0.478 e. The van der Waals surface area contributed by atoms with Crippen LogP contribution in [0, 0.1) is 12.7 Å². The van der Waals surface area contributed by atoms with E-state index in [2.05, 4.69) is 9.71 Å². The van der Waals surface area contributed by atoms with Crippen LogP contribution in [-0.4, -0.2) is 24.5 Å². The lowest BCUT2D eigenvalue weighted by molar-refractivity contribution is 0.0691. The summed E-state index contributed by atoms with van der Waals surface area (Å²) in [6.45, 7) is 1.28. The quantitative estimate of drug-likeness (QED) is 0.871. The number of rotatable bonds is 5. The molecule has 0 aliphatic heterocycles. The molecule has 0 unspecified atom stereocenters. The Bertz CT molecular complexity index is 773. The first-order valence-corrected chi connectivity index (χ1v) is 8.14. The lowest BCUT2D eigenvalue weighted by Gasteiger charge is -2.09. The fraction of sp³-hybridized carbons (Fsp3) is 0.167. The first kappa shape index (κ1) is 15.5. The number of hydrogen-bond acceptors (Lipinski definition) is 5. The van der Waals surface area contributed by atoms with Crippen molar-refractivity contribution in [1.82, 2.24) is 9.71 Å². The fourth-order valence-electron chi connectivity index (χ4n) is 1.62. The Balaban J connectivity index is 2.33. The molecule has 1 aromatic heterocycles. The Labute approximate surface area is 124 Å². The second kappa shape index (κ2) is 5.88. The normalized spacial score (nSPS) is 11.5. The molecule has 9 heteroatoms. The second-order valence-corrected chi connectivity index (χ2v) is 6.70. The number of carboxylic acids is 1. The van der Waals surface area contributed by atoms with E-state index in [1.54, 1.807) is 10.9 Å². The maximum absolute atomic E-state index is 13.6. The predicted octanol–water partition coefficient (Wildman–Crippen LogP) is 1.77. The molecule has 0 amide bonds. The van der Waals surface area contributed by atoms with Crippen LogP contribution < -0.4 is 4.72 Å². The van der Waals surface area contributed by atoms with Crippen LogP contribution in [0.15, 0.2) is 27.9 Å². The number of sulfonamides is 1. The molecule has 6 nitrogen and oxygen atoms in total. The summed E-state index contributed by atoms with van der Waals surface area (Å²) in [5.41, 5.74) is 1.38. The summed E-state index contributed by atoms with van der Waals surface area (Å²) in [6.07, 6.45) is 0. The Morgan fingerprint density at radius 3 is 2.76 bits per heavy atom. The minimum absolute atomic E-state index is 0.0232. The monoisotopic (exact) mass is 330 g/mol. The Kier molecular flexibility index (Phi) is 4.35. The summed E-state index contributed by atoms with van der Waals surface area (Å²) >= 11 is 1.32. The molecule has 2 N–H and O–H groups in total. The van der Waals surface area contributed by atoms with E-state index >= 15 is 0 Å². The number of aryl methyl sites for hydroxylation is 1. The van der Waals surface area contributed by atoms with Gasteiger partial charge in [-0.25, -0.2) is 27.3 Å². The molecule has 0 radical (unpaired) electrons. The zero-order valence-corrected chi connectivity index (χ0v) is 12.5. The number of carbonyl (C=O) groups is 1. The van der Waals surface area contributed by atoms with Gasteiger partial charge in [-0.15, -0.1) is 11.3 Å². The molecule has 21 heavy (non-hydrogen) atoms. The Morgan fingerprint density at radius 1 is 1.48 bits per heavy atom. The number of benzene rings is 1. The molecule has 0 aliphatic carbocycles. The number of aromatic nitrogens is 1. The number of hydrogen-bond donors (Lipinski definition) is 2. The maximum Gasteiger partial charge on any atom is 0.338 e. The number of nitrogens with one attached hydrogen (secondary N) is 1. The summed E-state index contributed by atoms with van der Waals surface area (Å²) in [5.74, 6) is -2.46. The van der Waals surface area contributed by atoms with Crippen LogP contribution >= 0.6 is 11.3 Å². The molecule has 2 rings (SSSR count). The molecule has 0 spiro atoms. The first-order valence-electron chi connectivity index (χ1n) is 5.71. The van der Waals surface area contributed by atoms with Crippen LogP contribution in [0.2, 0.25) is 0 Å². The fourth-order valence-corrected chi connectivity index (χ4v) is 3.29. The Morgan fingerprint density at radius 2 is 2.19 bits per heavy atom. The van der Waals surface area contributed by atoms with Gasteiger partial charge in [0.1, 0.15) is 5.82 Å². The molecule has 0 atom stereocenters. The van der Waals surface area contributed by atoms with E-state index in [0.29, 0.717) is 5.69 Å². The van der Waals surface area contributed by atoms with Crippen molar-refractivity contribution in [3.05, 3.63) is 45.7 Å². The zero-order valence-electron chi connectivity index (χ0n) is 10.8. The van der Waals surface area contributed by atoms with E-state index in [-0.39, 0.29) is 17.0 Å².